The molecule has 0 fully saturated rings. The van der Waals surface area contributed by atoms with Crippen LogP contribution in [0.2, 0.25) is 0 Å². The van der Waals surface area contributed by atoms with Crippen LogP contribution in [0.15, 0.2) is 48.5 Å². The molecule has 2 rings (SSSR count). The van der Waals surface area contributed by atoms with Gasteiger partial charge in [0.05, 0.1) is 7.11 Å². The van der Waals surface area contributed by atoms with E-state index >= 15 is 0 Å². The highest BCUT2D eigenvalue weighted by atomic mass is 16.5. The number of methoxy groups -OCH3 is 1. The minimum Gasteiger partial charge on any atom is -0.467 e. The zero-order chi connectivity index (χ0) is 16.8. The summed E-state index contributed by atoms with van der Waals surface area (Å²) in [4.78, 5) is 24.5. The van der Waals surface area contributed by atoms with Crippen LogP contribution in [0, 0.1) is 13.8 Å². The molecule has 0 aliphatic carbocycles. The fraction of sp³-hybridized carbons (Fsp3) is 0.263. The number of hydrogen-bond donors (Lipinski definition) is 1. The first-order valence-electron chi connectivity index (χ1n) is 7.51. The number of carbonyl (C=O) groups excluding carboxylic acids is 2. The van der Waals surface area contributed by atoms with Gasteiger partial charge in [-0.05, 0) is 31.0 Å². The van der Waals surface area contributed by atoms with Gasteiger partial charge in [0, 0.05) is 12.0 Å². The van der Waals surface area contributed by atoms with Crippen molar-refractivity contribution in [3.63, 3.8) is 0 Å². The van der Waals surface area contributed by atoms with E-state index in [1.165, 1.54) is 7.11 Å². The average molecular weight is 311 g/mol. The lowest BCUT2D eigenvalue weighted by Crippen LogP contribution is -2.43. The first kappa shape index (κ1) is 16.7. The van der Waals surface area contributed by atoms with Crippen LogP contribution in [-0.2, 0) is 16.0 Å². The van der Waals surface area contributed by atoms with E-state index in [-0.39, 0.29) is 5.91 Å². The third-order valence-electron chi connectivity index (χ3n) is 3.71. The van der Waals surface area contributed by atoms with Crippen molar-refractivity contribution in [2.24, 2.45) is 0 Å². The molecule has 0 aromatic heterocycles. The van der Waals surface area contributed by atoms with Crippen LogP contribution in [0.5, 0.6) is 0 Å². The number of nitrogens with one attached hydrogen (secondary N) is 1. The number of hydrogen-bond acceptors (Lipinski definition) is 3. The Kier molecular flexibility index (Phi) is 5.52. The zero-order valence-electron chi connectivity index (χ0n) is 13.6. The van der Waals surface area contributed by atoms with Gasteiger partial charge in [0.15, 0.2) is 0 Å². The molecule has 0 aliphatic rings. The molecule has 1 atom stereocenters. The van der Waals surface area contributed by atoms with Gasteiger partial charge < -0.3 is 10.1 Å². The van der Waals surface area contributed by atoms with E-state index in [0.29, 0.717) is 12.0 Å². The van der Waals surface area contributed by atoms with Crippen molar-refractivity contribution in [2.45, 2.75) is 26.3 Å². The van der Waals surface area contributed by atoms with Crippen LogP contribution in [0.3, 0.4) is 0 Å². The van der Waals surface area contributed by atoms with Gasteiger partial charge in [0.25, 0.3) is 5.91 Å². The van der Waals surface area contributed by atoms with Gasteiger partial charge in [-0.1, -0.05) is 48.0 Å². The molecular weight excluding hydrogens is 290 g/mol. The molecule has 0 unspecified atom stereocenters. The SMILES string of the molecule is COC(=O)[C@H](Cc1ccccc1)NC(=O)c1cc(C)ccc1C. The highest BCUT2D eigenvalue weighted by Gasteiger charge is 2.23. The Morgan fingerprint density at radius 1 is 1.09 bits per heavy atom. The van der Waals surface area contributed by atoms with Gasteiger partial charge in [0.2, 0.25) is 0 Å². The molecular formula is C19H21NO3. The van der Waals surface area contributed by atoms with Gasteiger partial charge in [-0.2, -0.15) is 0 Å². The second kappa shape index (κ2) is 7.58. The largest absolute Gasteiger partial charge is 0.467 e. The quantitative estimate of drug-likeness (QED) is 0.864. The van der Waals surface area contributed by atoms with Crippen molar-refractivity contribution < 1.29 is 14.3 Å². The minimum absolute atomic E-state index is 0.266. The number of ether oxygens (including phenoxy) is 1. The summed E-state index contributed by atoms with van der Waals surface area (Å²) in [6.07, 6.45) is 0.393. The zero-order valence-corrected chi connectivity index (χ0v) is 13.6. The van der Waals surface area contributed by atoms with Crippen LogP contribution in [-0.4, -0.2) is 25.0 Å². The smallest absolute Gasteiger partial charge is 0.328 e. The van der Waals surface area contributed by atoms with E-state index in [0.717, 1.165) is 16.7 Å². The van der Waals surface area contributed by atoms with Crippen molar-refractivity contribution in [3.05, 3.63) is 70.8 Å². The summed E-state index contributed by atoms with van der Waals surface area (Å²) >= 11 is 0. The van der Waals surface area contributed by atoms with E-state index in [2.05, 4.69) is 5.32 Å². The molecule has 1 amide bonds. The lowest BCUT2D eigenvalue weighted by molar-refractivity contribution is -0.142. The third kappa shape index (κ3) is 4.42. The van der Waals surface area contributed by atoms with Gasteiger partial charge in [-0.25, -0.2) is 4.79 Å². The molecule has 0 spiro atoms. The summed E-state index contributed by atoms with van der Waals surface area (Å²) < 4.78 is 4.82. The van der Waals surface area contributed by atoms with E-state index < -0.39 is 12.0 Å². The molecule has 120 valence electrons. The molecule has 0 bridgehead atoms. The molecule has 4 heteroatoms. The molecule has 1 N–H and O–H groups in total. The third-order valence-corrected chi connectivity index (χ3v) is 3.71. The summed E-state index contributed by atoms with van der Waals surface area (Å²) in [5.74, 6) is -0.718. The van der Waals surface area contributed by atoms with E-state index in [1.54, 1.807) is 0 Å². The Bertz CT molecular complexity index is 695. The second-order valence-electron chi connectivity index (χ2n) is 5.56. The summed E-state index contributed by atoms with van der Waals surface area (Å²) in [7, 11) is 1.32. The van der Waals surface area contributed by atoms with Crippen molar-refractivity contribution in [1.82, 2.24) is 5.32 Å². The van der Waals surface area contributed by atoms with Gasteiger partial charge >= 0.3 is 5.97 Å². The number of rotatable bonds is 5. The molecule has 2 aromatic carbocycles. The molecule has 0 radical (unpaired) electrons. The van der Waals surface area contributed by atoms with Crippen LogP contribution in [0.1, 0.15) is 27.0 Å². The molecule has 2 aromatic rings. The molecule has 0 saturated carbocycles. The Labute approximate surface area is 136 Å². The average Bonchev–Trinajstić information content (AvgIpc) is 2.56. The predicted molar refractivity (Wildman–Crippen MR) is 89.3 cm³/mol. The van der Waals surface area contributed by atoms with Crippen LogP contribution < -0.4 is 5.32 Å². The standard InChI is InChI=1S/C19H21NO3/c1-13-9-10-14(2)16(11-13)18(21)20-17(19(22)23-3)12-15-7-5-4-6-8-15/h4-11,17H,12H2,1-3H3,(H,20,21)/t17-/m0/s1. The Morgan fingerprint density at radius 2 is 1.78 bits per heavy atom. The normalized spacial score (nSPS) is 11.6. The summed E-state index contributed by atoms with van der Waals surface area (Å²) in [5.41, 5.74) is 3.41. The number of benzene rings is 2. The van der Waals surface area contributed by atoms with Crippen molar-refractivity contribution in [3.8, 4) is 0 Å². The maximum Gasteiger partial charge on any atom is 0.328 e. The van der Waals surface area contributed by atoms with Crippen LogP contribution in [0.25, 0.3) is 0 Å². The first-order valence-corrected chi connectivity index (χ1v) is 7.51. The molecule has 4 nitrogen and oxygen atoms in total. The maximum atomic E-state index is 12.5. The number of carbonyl (C=O) groups is 2. The fourth-order valence-electron chi connectivity index (χ4n) is 2.40. The monoisotopic (exact) mass is 311 g/mol. The Balaban J connectivity index is 2.18. The molecule has 0 heterocycles. The van der Waals surface area contributed by atoms with Gasteiger partial charge in [-0.15, -0.1) is 0 Å². The minimum atomic E-state index is -0.713. The fourth-order valence-corrected chi connectivity index (χ4v) is 2.40. The van der Waals surface area contributed by atoms with E-state index in [4.69, 9.17) is 4.74 Å². The molecule has 0 aliphatic heterocycles. The Hall–Kier alpha value is -2.62. The highest BCUT2D eigenvalue weighted by molar-refractivity contribution is 5.98. The predicted octanol–water partition coefficient (Wildman–Crippen LogP) is 2.82. The number of amides is 1. The maximum absolute atomic E-state index is 12.5. The topological polar surface area (TPSA) is 55.4 Å². The van der Waals surface area contributed by atoms with E-state index in [1.807, 2.05) is 62.4 Å². The lowest BCUT2D eigenvalue weighted by atomic mass is 10.0. The van der Waals surface area contributed by atoms with Crippen molar-refractivity contribution in [2.75, 3.05) is 7.11 Å². The van der Waals surface area contributed by atoms with Gasteiger partial charge in [-0.3, -0.25) is 4.79 Å². The lowest BCUT2D eigenvalue weighted by Gasteiger charge is -2.17. The van der Waals surface area contributed by atoms with E-state index in [9.17, 15) is 9.59 Å². The summed E-state index contributed by atoms with van der Waals surface area (Å²) in [6.45, 7) is 3.80. The molecule has 23 heavy (non-hydrogen) atoms. The van der Waals surface area contributed by atoms with Crippen LogP contribution >= 0.6 is 0 Å². The first-order chi connectivity index (χ1) is 11.0. The second-order valence-corrected chi connectivity index (χ2v) is 5.56. The Morgan fingerprint density at radius 3 is 2.43 bits per heavy atom. The summed E-state index contributed by atoms with van der Waals surface area (Å²) in [6, 6.07) is 14.5. The summed E-state index contributed by atoms with van der Waals surface area (Å²) in [5, 5.41) is 2.79. The number of aryl methyl sites for hydroxylation is 2. The highest BCUT2D eigenvalue weighted by Crippen LogP contribution is 2.12. The molecule has 0 saturated heterocycles. The van der Waals surface area contributed by atoms with Crippen LogP contribution in [0.4, 0.5) is 0 Å². The van der Waals surface area contributed by atoms with Crippen molar-refractivity contribution in [1.29, 1.82) is 0 Å². The number of esters is 1. The van der Waals surface area contributed by atoms with Crippen molar-refractivity contribution >= 4 is 11.9 Å². The van der Waals surface area contributed by atoms with Gasteiger partial charge in [0.1, 0.15) is 6.04 Å².